The second-order valence-corrected chi connectivity index (χ2v) is 4.59. The zero-order valence-corrected chi connectivity index (χ0v) is 9.41. The van der Waals surface area contributed by atoms with Gasteiger partial charge in [-0.2, -0.15) is 13.2 Å². The van der Waals surface area contributed by atoms with Gasteiger partial charge >= 0.3 is 6.18 Å². The fraction of sp³-hybridized carbons (Fsp3) is 0.500. The van der Waals surface area contributed by atoms with Crippen LogP contribution in [0, 0.1) is 11.7 Å². The predicted octanol–water partition coefficient (Wildman–Crippen LogP) is 2.62. The van der Waals surface area contributed by atoms with Gasteiger partial charge in [-0.05, 0) is 36.5 Å². The van der Waals surface area contributed by atoms with Crippen LogP contribution in [0.25, 0.3) is 0 Å². The van der Waals surface area contributed by atoms with E-state index in [9.17, 15) is 22.7 Å². The van der Waals surface area contributed by atoms with E-state index in [1.54, 1.807) is 0 Å². The van der Waals surface area contributed by atoms with Crippen LogP contribution < -0.4 is 5.73 Å². The molecule has 0 heterocycles. The molecule has 3 N–H and O–H groups in total. The standard InChI is InChI=1S/C12H13F4NO/c13-9-5-7(3-4-8(9)12(14,15)16)10(17)11(18)6-1-2-6/h3-6,10-11,18H,1-2,17H2/t10-,11+/m0/s1. The normalized spacial score (nSPS) is 19.7. The molecule has 0 saturated heterocycles. The van der Waals surface area contributed by atoms with Gasteiger partial charge in [0.2, 0.25) is 0 Å². The maximum Gasteiger partial charge on any atom is 0.419 e. The summed E-state index contributed by atoms with van der Waals surface area (Å²) in [7, 11) is 0. The molecule has 1 aromatic carbocycles. The van der Waals surface area contributed by atoms with Crippen LogP contribution in [-0.4, -0.2) is 11.2 Å². The molecular weight excluding hydrogens is 250 g/mol. The molecule has 1 fully saturated rings. The third-order valence-corrected chi connectivity index (χ3v) is 3.16. The molecular formula is C12H13F4NO. The van der Waals surface area contributed by atoms with E-state index in [-0.39, 0.29) is 11.5 Å². The van der Waals surface area contributed by atoms with E-state index >= 15 is 0 Å². The van der Waals surface area contributed by atoms with Gasteiger partial charge in [-0.3, -0.25) is 0 Å². The molecule has 1 aliphatic carbocycles. The Kier molecular flexibility index (Phi) is 3.33. The first-order valence-corrected chi connectivity index (χ1v) is 5.61. The lowest BCUT2D eigenvalue weighted by atomic mass is 9.97. The third-order valence-electron chi connectivity index (χ3n) is 3.16. The molecule has 2 atom stereocenters. The van der Waals surface area contributed by atoms with Crippen LogP contribution in [0.3, 0.4) is 0 Å². The summed E-state index contributed by atoms with van der Waals surface area (Å²) in [5, 5.41) is 9.76. The van der Waals surface area contributed by atoms with E-state index in [1.807, 2.05) is 0 Å². The van der Waals surface area contributed by atoms with E-state index in [2.05, 4.69) is 0 Å². The Morgan fingerprint density at radius 1 is 1.28 bits per heavy atom. The lowest BCUT2D eigenvalue weighted by molar-refractivity contribution is -0.140. The first kappa shape index (κ1) is 13.3. The molecule has 0 bridgehead atoms. The van der Waals surface area contributed by atoms with Crippen LogP contribution in [0.4, 0.5) is 17.6 Å². The monoisotopic (exact) mass is 263 g/mol. The number of benzene rings is 1. The molecule has 100 valence electrons. The van der Waals surface area contributed by atoms with Gasteiger partial charge in [-0.15, -0.1) is 0 Å². The van der Waals surface area contributed by atoms with Crippen molar-refractivity contribution in [3.63, 3.8) is 0 Å². The molecule has 2 rings (SSSR count). The van der Waals surface area contributed by atoms with Gasteiger partial charge in [-0.25, -0.2) is 4.39 Å². The van der Waals surface area contributed by atoms with Gasteiger partial charge in [0.25, 0.3) is 0 Å². The highest BCUT2D eigenvalue weighted by atomic mass is 19.4. The number of halogens is 4. The van der Waals surface area contributed by atoms with Crippen LogP contribution in [0.2, 0.25) is 0 Å². The predicted molar refractivity (Wildman–Crippen MR) is 57.1 cm³/mol. The average molecular weight is 263 g/mol. The summed E-state index contributed by atoms with van der Waals surface area (Å²) in [6.45, 7) is 0. The van der Waals surface area contributed by atoms with Gasteiger partial charge in [0, 0.05) is 0 Å². The molecule has 6 heteroatoms. The minimum atomic E-state index is -4.72. The second-order valence-electron chi connectivity index (χ2n) is 4.59. The summed E-state index contributed by atoms with van der Waals surface area (Å²) in [6, 6.07) is 1.67. The van der Waals surface area contributed by atoms with Crippen molar-refractivity contribution in [2.24, 2.45) is 11.7 Å². The summed E-state index contributed by atoms with van der Waals surface area (Å²) >= 11 is 0. The molecule has 0 aliphatic heterocycles. The Morgan fingerprint density at radius 2 is 1.89 bits per heavy atom. The number of hydrogen-bond acceptors (Lipinski definition) is 2. The summed E-state index contributed by atoms with van der Waals surface area (Å²) in [6.07, 6.45) is -3.86. The number of nitrogens with two attached hydrogens (primary N) is 1. The van der Waals surface area contributed by atoms with Crippen molar-refractivity contribution in [2.45, 2.75) is 31.2 Å². The van der Waals surface area contributed by atoms with Gasteiger partial charge in [0.1, 0.15) is 5.82 Å². The van der Waals surface area contributed by atoms with Crippen molar-refractivity contribution < 1.29 is 22.7 Å². The van der Waals surface area contributed by atoms with Crippen molar-refractivity contribution in [3.8, 4) is 0 Å². The minimum absolute atomic E-state index is 0.0744. The highest BCUT2D eigenvalue weighted by molar-refractivity contribution is 5.29. The summed E-state index contributed by atoms with van der Waals surface area (Å²) in [4.78, 5) is 0. The lowest BCUT2D eigenvalue weighted by Gasteiger charge is -2.19. The molecule has 18 heavy (non-hydrogen) atoms. The lowest BCUT2D eigenvalue weighted by Crippen LogP contribution is -2.28. The van der Waals surface area contributed by atoms with E-state index in [0.717, 1.165) is 25.0 Å². The molecule has 1 aromatic rings. The fourth-order valence-corrected chi connectivity index (χ4v) is 1.90. The highest BCUT2D eigenvalue weighted by Gasteiger charge is 2.36. The van der Waals surface area contributed by atoms with E-state index < -0.39 is 29.7 Å². The minimum Gasteiger partial charge on any atom is -0.391 e. The molecule has 1 aliphatic rings. The fourth-order valence-electron chi connectivity index (χ4n) is 1.90. The van der Waals surface area contributed by atoms with E-state index in [1.165, 1.54) is 0 Å². The maximum absolute atomic E-state index is 13.3. The molecule has 2 nitrogen and oxygen atoms in total. The molecule has 0 spiro atoms. The number of rotatable bonds is 3. The van der Waals surface area contributed by atoms with Crippen molar-refractivity contribution in [1.29, 1.82) is 0 Å². The van der Waals surface area contributed by atoms with Crippen molar-refractivity contribution in [1.82, 2.24) is 0 Å². The smallest absolute Gasteiger partial charge is 0.391 e. The van der Waals surface area contributed by atoms with Gasteiger partial charge in [-0.1, -0.05) is 6.07 Å². The Hall–Kier alpha value is -1.14. The average Bonchev–Trinajstić information content (AvgIpc) is 3.09. The molecule has 0 aromatic heterocycles. The van der Waals surface area contributed by atoms with E-state index in [0.29, 0.717) is 6.07 Å². The van der Waals surface area contributed by atoms with Crippen molar-refractivity contribution >= 4 is 0 Å². The molecule has 0 radical (unpaired) electrons. The number of alkyl halides is 3. The largest absolute Gasteiger partial charge is 0.419 e. The first-order chi connectivity index (χ1) is 8.30. The molecule has 0 unspecified atom stereocenters. The Bertz CT molecular complexity index is 442. The van der Waals surface area contributed by atoms with Crippen LogP contribution in [0.5, 0.6) is 0 Å². The topological polar surface area (TPSA) is 46.2 Å². The number of aliphatic hydroxyl groups excluding tert-OH is 1. The Morgan fingerprint density at radius 3 is 2.33 bits per heavy atom. The van der Waals surface area contributed by atoms with Gasteiger partial charge < -0.3 is 10.8 Å². The SMILES string of the molecule is N[C@@H](c1ccc(C(F)(F)F)c(F)c1)[C@H](O)C1CC1. The first-order valence-electron chi connectivity index (χ1n) is 5.61. The Labute approximate surface area is 101 Å². The highest BCUT2D eigenvalue weighted by Crippen LogP contribution is 2.38. The van der Waals surface area contributed by atoms with Crippen LogP contribution in [-0.2, 0) is 6.18 Å². The van der Waals surface area contributed by atoms with Crippen molar-refractivity contribution in [2.75, 3.05) is 0 Å². The van der Waals surface area contributed by atoms with Crippen molar-refractivity contribution in [3.05, 3.63) is 35.1 Å². The zero-order valence-electron chi connectivity index (χ0n) is 9.41. The Balaban J connectivity index is 2.22. The summed E-state index contributed by atoms with van der Waals surface area (Å²) < 4.78 is 50.4. The second kappa shape index (κ2) is 4.51. The summed E-state index contributed by atoms with van der Waals surface area (Å²) in [5.41, 5.74) is 4.57. The number of hydrogen-bond donors (Lipinski definition) is 2. The number of aliphatic hydroxyl groups is 1. The third kappa shape index (κ3) is 2.64. The zero-order chi connectivity index (χ0) is 13.5. The van der Waals surface area contributed by atoms with E-state index in [4.69, 9.17) is 5.73 Å². The molecule has 0 amide bonds. The quantitative estimate of drug-likeness (QED) is 0.823. The van der Waals surface area contributed by atoms with Crippen LogP contribution in [0.1, 0.15) is 30.0 Å². The van der Waals surface area contributed by atoms with Crippen LogP contribution in [0.15, 0.2) is 18.2 Å². The molecule has 1 saturated carbocycles. The van der Waals surface area contributed by atoms with Crippen LogP contribution >= 0.6 is 0 Å². The summed E-state index contributed by atoms with van der Waals surface area (Å²) in [5.74, 6) is -1.29. The maximum atomic E-state index is 13.3. The van der Waals surface area contributed by atoms with Gasteiger partial charge in [0.15, 0.2) is 0 Å². The van der Waals surface area contributed by atoms with Gasteiger partial charge in [0.05, 0.1) is 17.7 Å².